The summed E-state index contributed by atoms with van der Waals surface area (Å²) in [5, 5.41) is 4.18. The summed E-state index contributed by atoms with van der Waals surface area (Å²) in [6.45, 7) is 12.7. The third-order valence-electron chi connectivity index (χ3n) is 6.59. The standard InChI is InChI=1S/C24H35N5O2/c1-24(2,3)20-7-5-18(6-8-20)22-25-21(31-26-22)17-28-11-9-19(10-12-28)23(30)29-15-13-27(4)14-16-29/h5-8,19H,9-17H2,1-4H3. The second kappa shape index (κ2) is 9.09. The van der Waals surface area contributed by atoms with Gasteiger partial charge in [0.15, 0.2) is 0 Å². The van der Waals surface area contributed by atoms with Crippen molar-refractivity contribution in [3.05, 3.63) is 35.7 Å². The number of carbonyl (C=O) groups excluding carboxylic acids is 1. The van der Waals surface area contributed by atoms with Crippen molar-refractivity contribution in [2.75, 3.05) is 46.3 Å². The molecule has 7 heteroatoms. The third kappa shape index (κ3) is 5.33. The number of hydrogen-bond acceptors (Lipinski definition) is 6. The summed E-state index contributed by atoms with van der Waals surface area (Å²) in [4.78, 5) is 24.1. The van der Waals surface area contributed by atoms with Gasteiger partial charge >= 0.3 is 0 Å². The molecule has 1 aromatic heterocycles. The normalized spacial score (nSPS) is 19.7. The molecule has 2 saturated heterocycles. The number of hydrogen-bond donors (Lipinski definition) is 0. The highest BCUT2D eigenvalue weighted by Crippen LogP contribution is 2.26. The van der Waals surface area contributed by atoms with Gasteiger partial charge in [0.25, 0.3) is 0 Å². The molecule has 2 aliphatic heterocycles. The van der Waals surface area contributed by atoms with Gasteiger partial charge in [-0.1, -0.05) is 50.2 Å². The summed E-state index contributed by atoms with van der Waals surface area (Å²) < 4.78 is 5.52. The predicted molar refractivity (Wildman–Crippen MR) is 121 cm³/mol. The van der Waals surface area contributed by atoms with Crippen molar-refractivity contribution >= 4 is 5.91 Å². The highest BCUT2D eigenvalue weighted by Gasteiger charge is 2.30. The molecule has 1 amide bonds. The molecule has 2 fully saturated rings. The van der Waals surface area contributed by atoms with Gasteiger partial charge in [-0.25, -0.2) is 0 Å². The van der Waals surface area contributed by atoms with Crippen LogP contribution in [-0.4, -0.2) is 77.1 Å². The van der Waals surface area contributed by atoms with Gasteiger partial charge in [-0.15, -0.1) is 0 Å². The van der Waals surface area contributed by atoms with Crippen LogP contribution in [0.2, 0.25) is 0 Å². The highest BCUT2D eigenvalue weighted by atomic mass is 16.5. The fourth-order valence-corrected chi connectivity index (χ4v) is 4.37. The van der Waals surface area contributed by atoms with Crippen LogP contribution in [0.5, 0.6) is 0 Å². The number of aromatic nitrogens is 2. The van der Waals surface area contributed by atoms with Crippen molar-refractivity contribution in [2.45, 2.75) is 45.6 Å². The molecule has 168 valence electrons. The van der Waals surface area contributed by atoms with E-state index in [0.29, 0.717) is 24.2 Å². The lowest BCUT2D eigenvalue weighted by molar-refractivity contribution is -0.138. The van der Waals surface area contributed by atoms with Gasteiger partial charge in [0.1, 0.15) is 0 Å². The second-order valence-electron chi connectivity index (χ2n) is 10.0. The van der Waals surface area contributed by atoms with Crippen molar-refractivity contribution in [3.63, 3.8) is 0 Å². The molecule has 2 aliphatic rings. The van der Waals surface area contributed by atoms with Gasteiger partial charge in [-0.05, 0) is 44.0 Å². The maximum absolute atomic E-state index is 12.8. The van der Waals surface area contributed by atoms with Gasteiger partial charge in [0, 0.05) is 37.7 Å². The van der Waals surface area contributed by atoms with Gasteiger partial charge in [0.2, 0.25) is 17.6 Å². The first-order valence-electron chi connectivity index (χ1n) is 11.4. The number of nitrogens with zero attached hydrogens (tertiary/aromatic N) is 5. The highest BCUT2D eigenvalue weighted by molar-refractivity contribution is 5.79. The van der Waals surface area contributed by atoms with E-state index < -0.39 is 0 Å². The molecule has 0 radical (unpaired) electrons. The molecule has 7 nitrogen and oxygen atoms in total. The number of benzene rings is 1. The van der Waals surface area contributed by atoms with E-state index in [4.69, 9.17) is 4.52 Å². The lowest BCUT2D eigenvalue weighted by Gasteiger charge is -2.37. The van der Waals surface area contributed by atoms with Gasteiger partial charge in [-0.2, -0.15) is 4.98 Å². The van der Waals surface area contributed by atoms with E-state index in [2.05, 4.69) is 76.9 Å². The molecule has 0 spiro atoms. The van der Waals surface area contributed by atoms with E-state index >= 15 is 0 Å². The van der Waals surface area contributed by atoms with Crippen LogP contribution in [0.1, 0.15) is 45.1 Å². The van der Waals surface area contributed by atoms with Crippen molar-refractivity contribution in [1.82, 2.24) is 24.8 Å². The Morgan fingerprint density at radius 1 is 1.03 bits per heavy atom. The Bertz CT molecular complexity index is 870. The van der Waals surface area contributed by atoms with Crippen LogP contribution in [-0.2, 0) is 16.8 Å². The molecule has 0 saturated carbocycles. The number of piperidine rings is 1. The summed E-state index contributed by atoms with van der Waals surface area (Å²) in [6.07, 6.45) is 1.81. The topological polar surface area (TPSA) is 65.7 Å². The number of likely N-dealkylation sites (N-methyl/N-ethyl adjacent to an activating group) is 1. The Balaban J connectivity index is 1.28. The Morgan fingerprint density at radius 2 is 1.68 bits per heavy atom. The average Bonchev–Trinajstić information content (AvgIpc) is 3.22. The number of carbonyl (C=O) groups is 1. The van der Waals surface area contributed by atoms with E-state index in [9.17, 15) is 4.79 Å². The molecular weight excluding hydrogens is 390 g/mol. The molecule has 0 bridgehead atoms. The minimum absolute atomic E-state index is 0.124. The van der Waals surface area contributed by atoms with Crippen molar-refractivity contribution in [3.8, 4) is 11.4 Å². The van der Waals surface area contributed by atoms with E-state index in [-0.39, 0.29) is 11.3 Å². The second-order valence-corrected chi connectivity index (χ2v) is 10.0. The van der Waals surface area contributed by atoms with E-state index in [1.54, 1.807) is 0 Å². The summed E-state index contributed by atoms with van der Waals surface area (Å²) in [5.41, 5.74) is 2.38. The molecule has 3 heterocycles. The fraction of sp³-hybridized carbons (Fsp3) is 0.625. The SMILES string of the molecule is CN1CCN(C(=O)C2CCN(Cc3nc(-c4ccc(C(C)(C)C)cc4)no3)CC2)CC1. The van der Waals surface area contributed by atoms with Crippen LogP contribution in [0.25, 0.3) is 11.4 Å². The minimum atomic E-state index is 0.124. The van der Waals surface area contributed by atoms with Crippen molar-refractivity contribution in [1.29, 1.82) is 0 Å². The molecule has 0 aliphatic carbocycles. The van der Waals surface area contributed by atoms with Crippen molar-refractivity contribution < 1.29 is 9.32 Å². The zero-order valence-electron chi connectivity index (χ0n) is 19.3. The fourth-order valence-electron chi connectivity index (χ4n) is 4.37. The lowest BCUT2D eigenvalue weighted by atomic mass is 9.87. The zero-order chi connectivity index (χ0) is 22.0. The monoisotopic (exact) mass is 425 g/mol. The summed E-state index contributed by atoms with van der Waals surface area (Å²) in [5.74, 6) is 1.76. The number of amides is 1. The van der Waals surface area contributed by atoms with Crippen molar-refractivity contribution in [2.24, 2.45) is 5.92 Å². The molecule has 0 atom stereocenters. The molecular formula is C24H35N5O2. The van der Waals surface area contributed by atoms with Gasteiger partial charge in [0.05, 0.1) is 6.54 Å². The first kappa shape index (κ1) is 22.0. The molecule has 1 aromatic carbocycles. The third-order valence-corrected chi connectivity index (χ3v) is 6.59. The summed E-state index contributed by atoms with van der Waals surface area (Å²) >= 11 is 0. The summed E-state index contributed by atoms with van der Waals surface area (Å²) in [7, 11) is 2.12. The van der Waals surface area contributed by atoms with E-state index in [1.165, 1.54) is 5.56 Å². The maximum atomic E-state index is 12.8. The van der Waals surface area contributed by atoms with Crippen LogP contribution >= 0.6 is 0 Å². The van der Waals surface area contributed by atoms with Crippen LogP contribution in [0.4, 0.5) is 0 Å². The quantitative estimate of drug-likeness (QED) is 0.750. The smallest absolute Gasteiger partial charge is 0.241 e. The first-order valence-corrected chi connectivity index (χ1v) is 11.4. The van der Waals surface area contributed by atoms with Gasteiger partial charge < -0.3 is 14.3 Å². The minimum Gasteiger partial charge on any atom is -0.340 e. The number of rotatable bonds is 4. The Morgan fingerprint density at radius 3 is 2.29 bits per heavy atom. The first-order chi connectivity index (χ1) is 14.8. The Hall–Kier alpha value is -2.25. The number of piperazine rings is 1. The molecule has 0 N–H and O–H groups in total. The zero-order valence-corrected chi connectivity index (χ0v) is 19.3. The van der Waals surface area contributed by atoms with Crippen LogP contribution in [0, 0.1) is 5.92 Å². The Labute approximate surface area is 185 Å². The largest absolute Gasteiger partial charge is 0.340 e. The molecule has 4 rings (SSSR count). The van der Waals surface area contributed by atoms with Crippen LogP contribution < -0.4 is 0 Å². The average molecular weight is 426 g/mol. The van der Waals surface area contributed by atoms with Crippen LogP contribution in [0.15, 0.2) is 28.8 Å². The maximum Gasteiger partial charge on any atom is 0.241 e. The predicted octanol–water partition coefficient (Wildman–Crippen LogP) is 3.02. The van der Waals surface area contributed by atoms with E-state index in [0.717, 1.165) is 57.7 Å². The molecule has 2 aromatic rings. The van der Waals surface area contributed by atoms with Gasteiger partial charge in [-0.3, -0.25) is 9.69 Å². The lowest BCUT2D eigenvalue weighted by Crippen LogP contribution is -2.50. The molecule has 0 unspecified atom stereocenters. The summed E-state index contributed by atoms with van der Waals surface area (Å²) in [6, 6.07) is 8.39. The Kier molecular flexibility index (Phi) is 6.44. The van der Waals surface area contributed by atoms with E-state index in [1.807, 2.05) is 0 Å². The molecule has 31 heavy (non-hydrogen) atoms. The van der Waals surface area contributed by atoms with Crippen LogP contribution in [0.3, 0.4) is 0 Å². The number of likely N-dealkylation sites (tertiary alicyclic amines) is 1.